The average molecular weight is 361 g/mol. The normalized spacial score (nSPS) is 13.8. The molecular weight excluding hydrogens is 342 g/mol. The fraction of sp³-hybridized carbons (Fsp3) is 0.190. The van der Waals surface area contributed by atoms with Gasteiger partial charge in [-0.3, -0.25) is 9.59 Å². The summed E-state index contributed by atoms with van der Waals surface area (Å²) in [6.45, 7) is 1.90. The van der Waals surface area contributed by atoms with Gasteiger partial charge in [-0.25, -0.2) is 4.98 Å². The number of amides is 2. The molecule has 0 spiro atoms. The molecule has 0 bridgehead atoms. The van der Waals surface area contributed by atoms with Gasteiger partial charge in [-0.1, -0.05) is 30.3 Å². The first-order valence-corrected chi connectivity index (χ1v) is 8.72. The van der Waals surface area contributed by atoms with E-state index < -0.39 is 0 Å². The molecule has 0 radical (unpaired) electrons. The number of ether oxygens (including phenoxy) is 1. The maximum absolute atomic E-state index is 12.7. The molecule has 6 nitrogen and oxygen atoms in total. The molecule has 1 aliphatic rings. The van der Waals surface area contributed by atoms with Crippen molar-refractivity contribution in [1.82, 2.24) is 10.3 Å². The Bertz CT molecular complexity index is 1060. The zero-order valence-corrected chi connectivity index (χ0v) is 15.1. The van der Waals surface area contributed by atoms with Crippen LogP contribution in [0.25, 0.3) is 10.8 Å². The fourth-order valence-corrected chi connectivity index (χ4v) is 3.31. The Morgan fingerprint density at radius 3 is 2.85 bits per heavy atom. The molecule has 2 heterocycles. The second-order valence-electron chi connectivity index (χ2n) is 6.57. The monoisotopic (exact) mass is 361 g/mol. The number of nitrogens with one attached hydrogen (secondary N) is 2. The first-order chi connectivity index (χ1) is 13.0. The standard InChI is InChI=1S/C21H19N3O3/c1-12(13-7-8-17-15(9-13)11-19(25)23-17)22-20(26)18-10-14-5-3-4-6-16(14)21(24-18)27-2/h3-10,12H,11H2,1-2H3,(H,22,26)(H,23,25). The van der Waals surface area contributed by atoms with Crippen molar-refractivity contribution in [2.75, 3.05) is 12.4 Å². The largest absolute Gasteiger partial charge is 0.481 e. The second-order valence-corrected chi connectivity index (χ2v) is 6.57. The van der Waals surface area contributed by atoms with E-state index in [9.17, 15) is 9.59 Å². The molecule has 1 aliphatic heterocycles. The number of pyridine rings is 1. The lowest BCUT2D eigenvalue weighted by Gasteiger charge is -2.16. The molecule has 6 heteroatoms. The summed E-state index contributed by atoms with van der Waals surface area (Å²) in [6, 6.07) is 14.9. The number of hydrogen-bond donors (Lipinski definition) is 2. The fourth-order valence-electron chi connectivity index (χ4n) is 3.31. The van der Waals surface area contributed by atoms with E-state index in [0.29, 0.717) is 18.0 Å². The molecule has 1 unspecified atom stereocenters. The molecule has 4 rings (SSSR count). The summed E-state index contributed by atoms with van der Waals surface area (Å²) in [5, 5.41) is 7.53. The lowest BCUT2D eigenvalue weighted by atomic mass is 10.0. The molecule has 0 saturated heterocycles. The average Bonchev–Trinajstić information content (AvgIpc) is 3.06. The number of benzene rings is 2. The van der Waals surface area contributed by atoms with E-state index in [0.717, 1.165) is 27.6 Å². The van der Waals surface area contributed by atoms with Crippen molar-refractivity contribution in [3.05, 3.63) is 65.4 Å². The summed E-state index contributed by atoms with van der Waals surface area (Å²) in [6.07, 6.45) is 0.368. The Balaban J connectivity index is 1.58. The number of nitrogens with zero attached hydrogens (tertiary/aromatic N) is 1. The van der Waals surface area contributed by atoms with Crippen molar-refractivity contribution in [1.29, 1.82) is 0 Å². The van der Waals surface area contributed by atoms with E-state index in [4.69, 9.17) is 4.74 Å². The van der Waals surface area contributed by atoms with Crippen LogP contribution < -0.4 is 15.4 Å². The molecule has 27 heavy (non-hydrogen) atoms. The van der Waals surface area contributed by atoms with E-state index >= 15 is 0 Å². The van der Waals surface area contributed by atoms with Crippen LogP contribution in [-0.4, -0.2) is 23.9 Å². The number of fused-ring (bicyclic) bond motifs is 2. The minimum Gasteiger partial charge on any atom is -0.481 e. The van der Waals surface area contributed by atoms with Crippen LogP contribution in [-0.2, 0) is 11.2 Å². The number of anilines is 1. The first kappa shape index (κ1) is 17.0. The van der Waals surface area contributed by atoms with Gasteiger partial charge >= 0.3 is 0 Å². The zero-order valence-electron chi connectivity index (χ0n) is 15.1. The molecule has 0 fully saturated rings. The summed E-state index contributed by atoms with van der Waals surface area (Å²) in [4.78, 5) is 28.6. The number of rotatable bonds is 4. The molecule has 1 atom stereocenters. The minimum absolute atomic E-state index is 0.00806. The molecule has 2 N–H and O–H groups in total. The summed E-state index contributed by atoms with van der Waals surface area (Å²) in [5.74, 6) is 0.139. The number of methoxy groups -OCH3 is 1. The lowest BCUT2D eigenvalue weighted by Crippen LogP contribution is -2.27. The summed E-state index contributed by atoms with van der Waals surface area (Å²) >= 11 is 0. The maximum Gasteiger partial charge on any atom is 0.270 e. The third-order valence-electron chi connectivity index (χ3n) is 4.73. The maximum atomic E-state index is 12.7. The lowest BCUT2D eigenvalue weighted by molar-refractivity contribution is -0.115. The Hall–Kier alpha value is -3.41. The van der Waals surface area contributed by atoms with E-state index in [2.05, 4.69) is 15.6 Å². The van der Waals surface area contributed by atoms with Crippen molar-refractivity contribution in [2.45, 2.75) is 19.4 Å². The molecule has 3 aromatic rings. The summed E-state index contributed by atoms with van der Waals surface area (Å²) in [5.41, 5.74) is 3.02. The number of carbonyl (C=O) groups is 2. The van der Waals surface area contributed by atoms with Crippen LogP contribution in [0.15, 0.2) is 48.5 Å². The van der Waals surface area contributed by atoms with E-state index in [-0.39, 0.29) is 17.9 Å². The quantitative estimate of drug-likeness (QED) is 0.748. The van der Waals surface area contributed by atoms with Crippen molar-refractivity contribution < 1.29 is 14.3 Å². The van der Waals surface area contributed by atoms with Crippen LogP contribution in [0.2, 0.25) is 0 Å². The summed E-state index contributed by atoms with van der Waals surface area (Å²) in [7, 11) is 1.54. The first-order valence-electron chi connectivity index (χ1n) is 8.72. The van der Waals surface area contributed by atoms with Crippen LogP contribution >= 0.6 is 0 Å². The molecule has 2 aromatic carbocycles. The van der Waals surface area contributed by atoms with Crippen LogP contribution in [0.3, 0.4) is 0 Å². The Morgan fingerprint density at radius 1 is 1.22 bits per heavy atom. The summed E-state index contributed by atoms with van der Waals surface area (Å²) < 4.78 is 5.34. The number of hydrogen-bond acceptors (Lipinski definition) is 4. The van der Waals surface area contributed by atoms with Crippen molar-refractivity contribution in [3.63, 3.8) is 0 Å². The molecule has 136 valence electrons. The van der Waals surface area contributed by atoms with Gasteiger partial charge in [0.1, 0.15) is 5.69 Å². The molecule has 0 saturated carbocycles. The van der Waals surface area contributed by atoms with Gasteiger partial charge in [0.2, 0.25) is 11.8 Å². The van der Waals surface area contributed by atoms with Gasteiger partial charge in [0.15, 0.2) is 0 Å². The molecule has 2 amide bonds. The van der Waals surface area contributed by atoms with Gasteiger partial charge in [0.25, 0.3) is 5.91 Å². The number of aromatic nitrogens is 1. The Morgan fingerprint density at radius 2 is 2.04 bits per heavy atom. The van der Waals surface area contributed by atoms with Gasteiger partial charge < -0.3 is 15.4 Å². The highest BCUT2D eigenvalue weighted by atomic mass is 16.5. The van der Waals surface area contributed by atoms with Gasteiger partial charge in [-0.05, 0) is 41.6 Å². The molecule has 0 aliphatic carbocycles. The Kier molecular flexibility index (Phi) is 4.24. The second kappa shape index (κ2) is 6.72. The van der Waals surface area contributed by atoms with Crippen LogP contribution in [0.4, 0.5) is 5.69 Å². The van der Waals surface area contributed by atoms with Crippen LogP contribution in [0.1, 0.15) is 34.6 Å². The van der Waals surface area contributed by atoms with E-state index in [1.807, 2.05) is 49.4 Å². The van der Waals surface area contributed by atoms with Crippen molar-refractivity contribution >= 4 is 28.3 Å². The van der Waals surface area contributed by atoms with Gasteiger partial charge in [-0.2, -0.15) is 0 Å². The van der Waals surface area contributed by atoms with E-state index in [1.54, 1.807) is 13.2 Å². The third kappa shape index (κ3) is 3.21. The van der Waals surface area contributed by atoms with E-state index in [1.165, 1.54) is 0 Å². The molecule has 1 aromatic heterocycles. The van der Waals surface area contributed by atoms with Gasteiger partial charge in [0.05, 0.1) is 19.6 Å². The highest BCUT2D eigenvalue weighted by Crippen LogP contribution is 2.27. The predicted octanol–water partition coefficient (Wildman–Crippen LogP) is 3.23. The number of carbonyl (C=O) groups excluding carboxylic acids is 2. The van der Waals surface area contributed by atoms with Crippen molar-refractivity contribution in [3.8, 4) is 5.88 Å². The van der Waals surface area contributed by atoms with Crippen LogP contribution in [0, 0.1) is 0 Å². The van der Waals surface area contributed by atoms with Crippen molar-refractivity contribution in [2.24, 2.45) is 0 Å². The SMILES string of the molecule is COc1nc(C(=O)NC(C)c2ccc3c(c2)CC(=O)N3)cc2ccccc12. The molecular formula is C21H19N3O3. The topological polar surface area (TPSA) is 80.3 Å². The highest BCUT2D eigenvalue weighted by molar-refractivity contribution is 5.99. The zero-order chi connectivity index (χ0) is 19.0. The third-order valence-corrected chi connectivity index (χ3v) is 4.73. The highest BCUT2D eigenvalue weighted by Gasteiger charge is 2.20. The van der Waals surface area contributed by atoms with Gasteiger partial charge in [0, 0.05) is 11.1 Å². The van der Waals surface area contributed by atoms with Gasteiger partial charge in [-0.15, -0.1) is 0 Å². The minimum atomic E-state index is -0.277. The van der Waals surface area contributed by atoms with Crippen LogP contribution in [0.5, 0.6) is 5.88 Å². The Labute approximate surface area is 156 Å². The smallest absolute Gasteiger partial charge is 0.270 e. The predicted molar refractivity (Wildman–Crippen MR) is 103 cm³/mol.